The highest BCUT2D eigenvalue weighted by molar-refractivity contribution is 5.24. The van der Waals surface area contributed by atoms with E-state index in [1.54, 1.807) is 0 Å². The molecule has 0 amide bonds. The lowest BCUT2D eigenvalue weighted by molar-refractivity contribution is 0.143. The van der Waals surface area contributed by atoms with Gasteiger partial charge in [-0.3, -0.25) is 0 Å². The summed E-state index contributed by atoms with van der Waals surface area (Å²) in [6.07, 6.45) is 2.12. The number of hydrogen-bond acceptors (Lipinski definition) is 3. The van der Waals surface area contributed by atoms with Gasteiger partial charge in [0.25, 0.3) is 0 Å². The molecule has 0 aliphatic heterocycles. The van der Waals surface area contributed by atoms with Gasteiger partial charge in [-0.05, 0) is 45.0 Å². The fourth-order valence-corrected chi connectivity index (χ4v) is 2.39. The Morgan fingerprint density at radius 3 is 2.35 bits per heavy atom. The highest BCUT2D eigenvalue weighted by Crippen LogP contribution is 2.24. The van der Waals surface area contributed by atoms with Crippen LogP contribution in [0.15, 0.2) is 30.3 Å². The van der Waals surface area contributed by atoms with Gasteiger partial charge in [0.05, 0.1) is 12.1 Å². The fraction of sp³-hybridized carbons (Fsp3) is 0.647. The number of nitrogens with zero attached hydrogens (tertiary/aromatic N) is 1. The molecule has 1 aromatic rings. The van der Waals surface area contributed by atoms with E-state index in [2.05, 4.69) is 43.2 Å². The molecule has 0 bridgehead atoms. The summed E-state index contributed by atoms with van der Waals surface area (Å²) in [7, 11) is 4.09. The molecule has 114 valence electrons. The molecule has 0 saturated carbocycles. The second kappa shape index (κ2) is 8.40. The van der Waals surface area contributed by atoms with Crippen molar-refractivity contribution >= 4 is 0 Å². The van der Waals surface area contributed by atoms with Crippen molar-refractivity contribution in [2.24, 2.45) is 5.92 Å². The molecule has 1 unspecified atom stereocenters. The van der Waals surface area contributed by atoms with Crippen molar-refractivity contribution in [3.8, 4) is 0 Å². The first-order valence-corrected chi connectivity index (χ1v) is 7.58. The lowest BCUT2D eigenvalue weighted by Crippen LogP contribution is -2.45. The summed E-state index contributed by atoms with van der Waals surface area (Å²) in [5, 5.41) is 13.2. The highest BCUT2D eigenvalue weighted by Gasteiger charge is 2.29. The zero-order chi connectivity index (χ0) is 15.0. The van der Waals surface area contributed by atoms with Crippen molar-refractivity contribution in [1.82, 2.24) is 10.2 Å². The van der Waals surface area contributed by atoms with Gasteiger partial charge < -0.3 is 15.3 Å². The standard InChI is InChI=1S/C17H30N2O/c1-15(2)10-12-19(4)13-11-17(14-20,18-3)16-8-6-5-7-9-16/h5-9,15,18,20H,10-14H2,1-4H3. The van der Waals surface area contributed by atoms with Gasteiger partial charge in [-0.15, -0.1) is 0 Å². The molecular weight excluding hydrogens is 248 g/mol. The van der Waals surface area contributed by atoms with Crippen LogP contribution < -0.4 is 5.32 Å². The number of likely N-dealkylation sites (N-methyl/N-ethyl adjacent to an activating group) is 1. The minimum absolute atomic E-state index is 0.117. The zero-order valence-corrected chi connectivity index (χ0v) is 13.4. The molecule has 0 aromatic heterocycles. The van der Waals surface area contributed by atoms with Crippen molar-refractivity contribution in [3.63, 3.8) is 0 Å². The molecule has 1 rings (SSSR count). The van der Waals surface area contributed by atoms with Gasteiger partial charge in [0.1, 0.15) is 0 Å². The summed E-state index contributed by atoms with van der Waals surface area (Å²) in [4.78, 5) is 2.35. The van der Waals surface area contributed by atoms with Gasteiger partial charge >= 0.3 is 0 Å². The maximum Gasteiger partial charge on any atom is 0.0678 e. The van der Waals surface area contributed by atoms with Crippen LogP contribution in [-0.2, 0) is 5.54 Å². The lowest BCUT2D eigenvalue weighted by Gasteiger charge is -2.34. The average Bonchev–Trinajstić information content (AvgIpc) is 2.48. The predicted molar refractivity (Wildman–Crippen MR) is 85.8 cm³/mol. The Morgan fingerprint density at radius 2 is 1.85 bits per heavy atom. The van der Waals surface area contributed by atoms with Gasteiger partial charge in [-0.1, -0.05) is 44.2 Å². The Bertz CT molecular complexity index is 361. The minimum Gasteiger partial charge on any atom is -0.394 e. The van der Waals surface area contributed by atoms with E-state index in [0.29, 0.717) is 0 Å². The van der Waals surface area contributed by atoms with E-state index in [9.17, 15) is 5.11 Å². The predicted octanol–water partition coefficient (Wildman–Crippen LogP) is 2.46. The van der Waals surface area contributed by atoms with E-state index in [4.69, 9.17) is 0 Å². The van der Waals surface area contributed by atoms with Gasteiger partial charge in [0.2, 0.25) is 0 Å². The van der Waals surface area contributed by atoms with Crippen LogP contribution in [0.3, 0.4) is 0 Å². The number of nitrogens with one attached hydrogen (secondary N) is 1. The Labute approximate surface area is 124 Å². The van der Waals surface area contributed by atoms with Crippen molar-refractivity contribution in [2.75, 3.05) is 33.8 Å². The number of hydrogen-bond donors (Lipinski definition) is 2. The summed E-state index contributed by atoms with van der Waals surface area (Å²) in [5.74, 6) is 0.735. The zero-order valence-electron chi connectivity index (χ0n) is 13.4. The number of aliphatic hydroxyl groups is 1. The molecule has 0 aliphatic rings. The molecule has 1 atom stereocenters. The van der Waals surface area contributed by atoms with E-state index >= 15 is 0 Å². The van der Waals surface area contributed by atoms with E-state index in [1.807, 2.05) is 25.2 Å². The summed E-state index contributed by atoms with van der Waals surface area (Å²) < 4.78 is 0. The van der Waals surface area contributed by atoms with Crippen LogP contribution in [0.1, 0.15) is 32.3 Å². The highest BCUT2D eigenvalue weighted by atomic mass is 16.3. The monoisotopic (exact) mass is 278 g/mol. The van der Waals surface area contributed by atoms with Crippen LogP contribution in [0.4, 0.5) is 0 Å². The topological polar surface area (TPSA) is 35.5 Å². The van der Waals surface area contributed by atoms with Crippen molar-refractivity contribution in [2.45, 2.75) is 32.2 Å². The van der Waals surface area contributed by atoms with Crippen LogP contribution in [0.5, 0.6) is 0 Å². The summed E-state index contributed by atoms with van der Waals surface area (Å²) in [6.45, 7) is 6.71. The van der Waals surface area contributed by atoms with Crippen molar-refractivity contribution < 1.29 is 5.11 Å². The molecular formula is C17H30N2O. The molecule has 3 heteroatoms. The van der Waals surface area contributed by atoms with Crippen LogP contribution in [0, 0.1) is 5.92 Å². The largest absolute Gasteiger partial charge is 0.394 e. The van der Waals surface area contributed by atoms with Gasteiger partial charge in [0, 0.05) is 6.54 Å². The normalized spacial score (nSPS) is 14.8. The third-order valence-corrected chi connectivity index (χ3v) is 4.08. The van der Waals surface area contributed by atoms with Gasteiger partial charge in [0.15, 0.2) is 0 Å². The van der Waals surface area contributed by atoms with Gasteiger partial charge in [-0.2, -0.15) is 0 Å². The van der Waals surface area contributed by atoms with Crippen LogP contribution in [0.2, 0.25) is 0 Å². The minimum atomic E-state index is -0.340. The molecule has 3 nitrogen and oxygen atoms in total. The lowest BCUT2D eigenvalue weighted by atomic mass is 9.87. The van der Waals surface area contributed by atoms with Crippen molar-refractivity contribution in [3.05, 3.63) is 35.9 Å². The third kappa shape index (κ3) is 4.89. The molecule has 0 saturated heterocycles. The van der Waals surface area contributed by atoms with Gasteiger partial charge in [-0.25, -0.2) is 0 Å². The first-order valence-electron chi connectivity index (χ1n) is 7.58. The van der Waals surface area contributed by atoms with E-state index in [1.165, 1.54) is 6.42 Å². The first kappa shape index (κ1) is 17.2. The molecule has 0 heterocycles. The Kier molecular flexibility index (Phi) is 7.20. The van der Waals surface area contributed by atoms with E-state index < -0.39 is 0 Å². The maximum absolute atomic E-state index is 9.88. The second-order valence-corrected chi connectivity index (χ2v) is 6.09. The van der Waals surface area contributed by atoms with Crippen LogP contribution >= 0.6 is 0 Å². The number of rotatable bonds is 9. The first-order chi connectivity index (χ1) is 9.54. The Hall–Kier alpha value is -0.900. The average molecular weight is 278 g/mol. The van der Waals surface area contributed by atoms with E-state index in [0.717, 1.165) is 31.0 Å². The molecule has 0 radical (unpaired) electrons. The SMILES string of the molecule is CNC(CO)(CCN(C)CCC(C)C)c1ccccc1. The van der Waals surface area contributed by atoms with Crippen molar-refractivity contribution in [1.29, 1.82) is 0 Å². The summed E-state index contributed by atoms with van der Waals surface area (Å²) in [5.41, 5.74) is 0.815. The molecule has 0 aliphatic carbocycles. The smallest absolute Gasteiger partial charge is 0.0678 e. The molecule has 1 aromatic carbocycles. The third-order valence-electron chi connectivity index (χ3n) is 4.08. The Balaban J connectivity index is 2.64. The maximum atomic E-state index is 9.88. The molecule has 0 fully saturated rings. The summed E-state index contributed by atoms with van der Waals surface area (Å²) >= 11 is 0. The number of aliphatic hydroxyl groups excluding tert-OH is 1. The fourth-order valence-electron chi connectivity index (χ4n) is 2.39. The van der Waals surface area contributed by atoms with E-state index in [-0.39, 0.29) is 12.1 Å². The quantitative estimate of drug-likeness (QED) is 0.728. The molecule has 20 heavy (non-hydrogen) atoms. The van der Waals surface area contributed by atoms with Crippen LogP contribution in [-0.4, -0.2) is 43.8 Å². The summed E-state index contributed by atoms with van der Waals surface area (Å²) in [6, 6.07) is 10.2. The second-order valence-electron chi connectivity index (χ2n) is 6.09. The number of benzene rings is 1. The molecule has 0 spiro atoms. The molecule has 2 N–H and O–H groups in total. The van der Waals surface area contributed by atoms with Crippen LogP contribution in [0.25, 0.3) is 0 Å². The Morgan fingerprint density at radius 1 is 1.20 bits per heavy atom.